The number of pyridine rings is 5. The molecule has 122 heavy (non-hydrogen) atoms. The fourth-order valence-corrected chi connectivity index (χ4v) is 16.5. The number of aromatic nitrogens is 5. The van der Waals surface area contributed by atoms with Gasteiger partial charge >= 0.3 is 18.5 Å². The zero-order chi connectivity index (χ0) is 92.5. The van der Waals surface area contributed by atoms with Crippen molar-refractivity contribution in [2.24, 2.45) is 0 Å². The van der Waals surface area contributed by atoms with Crippen LogP contribution in [-0.2, 0) is 86.4 Å². The summed E-state index contributed by atoms with van der Waals surface area (Å²) in [6, 6.07) is 53.3. The second-order valence-corrected chi connectivity index (χ2v) is 42.4. The molecule has 0 spiro atoms. The lowest BCUT2D eigenvalue weighted by atomic mass is 10.1. The van der Waals surface area contributed by atoms with Gasteiger partial charge in [-0.05, 0) is 293 Å². The van der Waals surface area contributed by atoms with Crippen LogP contribution in [0.4, 0.5) is 52.7 Å². The first kappa shape index (κ1) is 104. The Morgan fingerprint density at radius 2 is 0.639 bits per heavy atom. The molecule has 0 N–H and O–H groups in total. The quantitative estimate of drug-likeness (QED) is 0.0701. The van der Waals surface area contributed by atoms with Crippen LogP contribution in [0.25, 0.3) is 0 Å². The van der Waals surface area contributed by atoms with Gasteiger partial charge in [0, 0.05) is 75.7 Å². The first-order valence-corrected chi connectivity index (χ1v) is 48.2. The largest absolute Gasteiger partial charge is 0.433 e. The van der Waals surface area contributed by atoms with E-state index >= 15 is 0 Å². The molecule has 0 bridgehead atoms. The highest BCUT2D eigenvalue weighted by Crippen LogP contribution is 2.35. The van der Waals surface area contributed by atoms with E-state index in [-0.39, 0.29) is 56.6 Å². The van der Waals surface area contributed by atoms with Crippen molar-refractivity contribution in [2.45, 2.75) is 130 Å². The number of rotatable bonds is 10. The van der Waals surface area contributed by atoms with Crippen LogP contribution in [0.5, 0.6) is 0 Å². The van der Waals surface area contributed by atoms with Gasteiger partial charge in [-0.25, -0.2) is 66.8 Å². The minimum absolute atomic E-state index is 0.00612. The number of halogens is 13. The lowest BCUT2D eigenvalue weighted by Gasteiger charge is -2.12. The molecule has 0 radical (unpaired) electrons. The Morgan fingerprint density at radius 1 is 0.303 bits per heavy atom. The van der Waals surface area contributed by atoms with Crippen LogP contribution in [0.2, 0.25) is 5.02 Å². The highest BCUT2D eigenvalue weighted by Gasteiger charge is 2.35. The summed E-state index contributed by atoms with van der Waals surface area (Å²) in [6.07, 6.45) is -0.483. The number of aryl methyl sites for hydroxylation is 9. The van der Waals surface area contributed by atoms with Gasteiger partial charge in [0.05, 0.1) is 25.8 Å². The SMILES string of the molecule is C=S(C)(=O)c1ccc(C)c(C(F)(F)F)c1.C=S(C)(=O)c1ccc(C)c(F)c1.C=S(C)(=O)c1ccc(C)cc1.Cc1ccc(C(F)(F)F)nc1.Cc1ccc(F)cc1C(F)(F)F.Cc1ccc(S(C)(=O)=O)nc1.Cc1cccnc1S(=O)(=O)c1ccc(Cl)cc1.Cc1cccnc1S(=O)(=O)c1ccc(F)cc1.Cc1cccnc1S(=O)(=O)c1ccccc1. The summed E-state index contributed by atoms with van der Waals surface area (Å²) in [4.78, 5) is 20.6. The molecule has 12 aromatic rings. The van der Waals surface area contributed by atoms with Crippen LogP contribution in [0.15, 0.2) is 299 Å². The fourth-order valence-electron chi connectivity index (χ4n) is 9.47. The number of benzene rings is 7. The van der Waals surface area contributed by atoms with Crippen molar-refractivity contribution in [1.29, 1.82) is 0 Å². The third-order valence-electron chi connectivity index (χ3n) is 16.1. The van der Waals surface area contributed by atoms with Crippen LogP contribution in [0.3, 0.4) is 0 Å². The van der Waals surface area contributed by atoms with E-state index in [0.29, 0.717) is 38.2 Å². The molecule has 3 atom stereocenters. The Morgan fingerprint density at radius 3 is 0.984 bits per heavy atom. The van der Waals surface area contributed by atoms with Gasteiger partial charge in [-0.15, -0.1) is 0 Å². The van der Waals surface area contributed by atoms with Gasteiger partial charge in [0.2, 0.25) is 29.5 Å². The van der Waals surface area contributed by atoms with Gasteiger partial charge in [-0.2, -0.15) is 39.5 Å². The number of nitrogens with zero attached hydrogens (tertiary/aromatic N) is 5. The monoisotopic (exact) mass is 1850 g/mol. The number of hydrogen-bond acceptors (Lipinski definition) is 16. The molecule has 3 unspecified atom stereocenters. The highest BCUT2D eigenvalue weighted by atomic mass is 35.5. The minimum atomic E-state index is -4.47. The molecular weight excluding hydrogens is 1770 g/mol. The van der Waals surface area contributed by atoms with Gasteiger partial charge in [-0.1, -0.05) is 96.0 Å². The molecule has 36 heteroatoms. The average molecular weight is 1850 g/mol. The van der Waals surface area contributed by atoms with E-state index in [1.54, 1.807) is 138 Å². The summed E-state index contributed by atoms with van der Waals surface area (Å²) in [5, 5.41) is 0.847. The Balaban J connectivity index is 0.000000290. The molecular formula is C86H86ClF12N5O11S7. The molecule has 0 saturated heterocycles. The molecule has 0 saturated carbocycles. The van der Waals surface area contributed by atoms with Crippen molar-refractivity contribution in [3.05, 3.63) is 339 Å². The predicted molar refractivity (Wildman–Crippen MR) is 457 cm³/mol. The maximum Gasteiger partial charge on any atom is 0.433 e. The van der Waals surface area contributed by atoms with Crippen LogP contribution in [-0.4, -0.2) is 114 Å². The van der Waals surface area contributed by atoms with Crippen LogP contribution < -0.4 is 0 Å². The van der Waals surface area contributed by atoms with Crippen molar-refractivity contribution in [1.82, 2.24) is 24.9 Å². The maximum atomic E-state index is 13.0. The summed E-state index contributed by atoms with van der Waals surface area (Å²) < 4.78 is 277. The lowest BCUT2D eigenvalue weighted by molar-refractivity contribution is -0.141. The van der Waals surface area contributed by atoms with E-state index in [2.05, 4.69) is 42.5 Å². The average Bonchev–Trinajstić information content (AvgIpc) is 0.804. The van der Waals surface area contributed by atoms with E-state index in [9.17, 15) is 99.0 Å². The molecule has 0 fully saturated rings. The summed E-state index contributed by atoms with van der Waals surface area (Å²) in [6.45, 7) is 15.0. The van der Waals surface area contributed by atoms with Crippen molar-refractivity contribution in [3.8, 4) is 0 Å². The lowest BCUT2D eigenvalue weighted by Crippen LogP contribution is -2.09. The van der Waals surface area contributed by atoms with Gasteiger partial charge in [-0.3, -0.25) is 17.6 Å². The minimum Gasteiger partial charge on any atom is -0.263 e. The smallest absolute Gasteiger partial charge is 0.263 e. The van der Waals surface area contributed by atoms with Crippen molar-refractivity contribution < 1.29 is 99.0 Å². The molecule has 654 valence electrons. The summed E-state index contributed by atoms with van der Waals surface area (Å²) in [7, 11) is -20.7. The molecule has 7 aromatic carbocycles. The standard InChI is InChI=1S/C12H10ClNO2S.C12H10FNO2S.C12H11NO2S.C10H11F3OS.C9H11FOS.C9H12OS.C8H6F4.C7H6F3N.C7H9NO2S/c2*1-9-3-2-8-14-12(9)17(15,16)11-6-4-10(13)5-7-11;1-10-6-5-9-13-12(10)16(14,15)11-7-3-2-4-8-11;1-7-4-5-8(15(2,3)14)6-9(7)10(11,12)13;1-7-4-5-8(6-9(7)10)12(2,3)11;1-8-4-6-9(7-5-8)11(2,3)10;1-5-2-3-6(9)4-7(5)8(10,11)12;1-5-2-3-6(11-4-5)7(8,9)10;1-6-3-4-7(8-5-6)11(2,9)10/h2*2-8H,1H3;2-9H,1H3;4-6H,2H2,1,3H3;4-6H,2H2,1,3H3;4-7H,2H2,1,3H3;2-4H,1H3;2-4H,1H3;3-5H,1-2H3. The van der Waals surface area contributed by atoms with E-state index in [4.69, 9.17) is 11.6 Å². The highest BCUT2D eigenvalue weighted by molar-refractivity contribution is 8.00. The van der Waals surface area contributed by atoms with Crippen LogP contribution >= 0.6 is 11.6 Å². The molecule has 16 nitrogen and oxygen atoms in total. The topological polar surface area (TPSA) is 252 Å². The molecule has 0 aliphatic rings. The predicted octanol–water partition coefficient (Wildman–Crippen LogP) is 20.1. The normalized spacial score (nSPS) is 12.8. The number of alkyl halides is 9. The van der Waals surface area contributed by atoms with E-state index in [0.717, 1.165) is 58.7 Å². The second kappa shape index (κ2) is 44.1. The third-order valence-corrected chi connectivity index (χ3v) is 26.6. The summed E-state index contributed by atoms with van der Waals surface area (Å²) in [5.74, 6) is 8.76. The molecule has 5 aromatic heterocycles. The van der Waals surface area contributed by atoms with E-state index in [1.165, 1.54) is 118 Å². The van der Waals surface area contributed by atoms with E-state index in [1.807, 2.05) is 38.1 Å². The summed E-state index contributed by atoms with van der Waals surface area (Å²) in [5.41, 5.74) is 2.91. The maximum absolute atomic E-state index is 13.0. The molecule has 0 amide bonds. The molecule has 12 rings (SSSR count). The van der Waals surface area contributed by atoms with Crippen molar-refractivity contribution >= 4 is 97.1 Å². The molecule has 0 aliphatic heterocycles. The van der Waals surface area contributed by atoms with E-state index < -0.39 is 115 Å². The first-order chi connectivity index (χ1) is 56.1. The van der Waals surface area contributed by atoms with Gasteiger partial charge in [0.1, 0.15) is 23.1 Å². The Bertz CT molecular complexity index is 6200. The number of hydrogen-bond donors (Lipinski definition) is 0. The second-order valence-electron chi connectivity index (χ2n) is 26.9. The fraction of sp³-hybridized carbons (Fsp3) is 0.186. The van der Waals surface area contributed by atoms with Crippen molar-refractivity contribution in [3.63, 3.8) is 0 Å². The Hall–Kier alpha value is -10.4. The van der Waals surface area contributed by atoms with Gasteiger partial charge in [0.25, 0.3) is 0 Å². The Kier molecular flexibility index (Phi) is 37.6. The Labute approximate surface area is 710 Å². The number of sulfone groups is 4. The molecule has 5 heterocycles. The summed E-state index contributed by atoms with van der Waals surface area (Å²) >= 11 is 5.73. The third kappa shape index (κ3) is 33.1. The van der Waals surface area contributed by atoms with Crippen LogP contribution in [0, 0.1) is 79.8 Å². The van der Waals surface area contributed by atoms with Crippen molar-refractivity contribution in [2.75, 3.05) is 25.0 Å². The zero-order valence-electron chi connectivity index (χ0n) is 67.8. The van der Waals surface area contributed by atoms with Gasteiger partial charge < -0.3 is 0 Å². The molecule has 0 aliphatic carbocycles. The zero-order valence-corrected chi connectivity index (χ0v) is 74.3. The van der Waals surface area contributed by atoms with Gasteiger partial charge in [0.15, 0.2) is 29.9 Å². The van der Waals surface area contributed by atoms with Crippen LogP contribution in [0.1, 0.15) is 66.9 Å². The first-order valence-electron chi connectivity index (χ1n) is 35.1.